The highest BCUT2D eigenvalue weighted by atomic mass is 16.6. The molecule has 7 heteroatoms. The molecule has 0 heterocycles. The van der Waals surface area contributed by atoms with Crippen LogP contribution in [0.1, 0.15) is 52.9 Å². The first-order valence-corrected chi connectivity index (χ1v) is 10.5. The van der Waals surface area contributed by atoms with Crippen LogP contribution in [0.5, 0.6) is 0 Å². The summed E-state index contributed by atoms with van der Waals surface area (Å²) in [6.45, 7) is 10.8. The van der Waals surface area contributed by atoms with Gasteiger partial charge in [-0.15, -0.1) is 0 Å². The molecule has 0 radical (unpaired) electrons. The van der Waals surface area contributed by atoms with Crippen LogP contribution in [0.4, 0.5) is 0 Å². The molecule has 0 unspecified atom stereocenters. The Morgan fingerprint density at radius 2 is 1.00 bits per heavy atom. The normalized spacial score (nSPS) is 11.3. The molecule has 0 fully saturated rings. The number of ether oxygens (including phenoxy) is 5. The first-order chi connectivity index (χ1) is 13.6. The van der Waals surface area contributed by atoms with Gasteiger partial charge >= 0.3 is 0 Å². The van der Waals surface area contributed by atoms with Crippen molar-refractivity contribution in [2.45, 2.75) is 52.9 Å². The summed E-state index contributed by atoms with van der Waals surface area (Å²) in [5.74, 6) is 0.561. The summed E-state index contributed by atoms with van der Waals surface area (Å²) in [5, 5.41) is 0. The number of Topliss-reactive ketones (excluding diaryl/α,β-unsaturated/α-hetero) is 2. The molecule has 0 spiro atoms. The summed E-state index contributed by atoms with van der Waals surface area (Å²) in [7, 11) is 0. The van der Waals surface area contributed by atoms with Gasteiger partial charge in [0.2, 0.25) is 0 Å². The lowest BCUT2D eigenvalue weighted by atomic mass is 10.1. The van der Waals surface area contributed by atoms with Gasteiger partial charge in [0.15, 0.2) is 0 Å². The molecule has 0 bridgehead atoms. The van der Waals surface area contributed by atoms with E-state index in [0.717, 1.165) is 12.8 Å². The van der Waals surface area contributed by atoms with Crippen molar-refractivity contribution in [3.05, 3.63) is 0 Å². The molecule has 166 valence electrons. The molecule has 28 heavy (non-hydrogen) atoms. The molecule has 0 aliphatic carbocycles. The minimum atomic E-state index is 0.0690. The van der Waals surface area contributed by atoms with Gasteiger partial charge in [-0.05, 0) is 6.42 Å². The number of unbranched alkanes of at least 4 members (excludes halogenated alkanes) is 1. The van der Waals surface area contributed by atoms with E-state index in [1.54, 1.807) is 0 Å². The van der Waals surface area contributed by atoms with Gasteiger partial charge in [-0.1, -0.05) is 27.2 Å². The summed E-state index contributed by atoms with van der Waals surface area (Å²) in [6, 6.07) is 0. The molecule has 0 aliphatic rings. The Morgan fingerprint density at radius 3 is 1.39 bits per heavy atom. The lowest BCUT2D eigenvalue weighted by Crippen LogP contribution is -2.14. The molecule has 0 aliphatic heterocycles. The average molecular weight is 405 g/mol. The molecule has 0 amide bonds. The first-order valence-electron chi connectivity index (χ1n) is 10.5. The monoisotopic (exact) mass is 404 g/mol. The Bertz CT molecular complexity index is 372. The zero-order chi connectivity index (χ0) is 20.9. The van der Waals surface area contributed by atoms with Crippen molar-refractivity contribution in [2.75, 3.05) is 66.1 Å². The lowest BCUT2D eigenvalue weighted by Gasteiger charge is -2.08. The summed E-state index contributed by atoms with van der Waals surface area (Å²) in [5.41, 5.74) is 0. The van der Waals surface area contributed by atoms with Crippen molar-refractivity contribution < 1.29 is 33.3 Å². The zero-order valence-corrected chi connectivity index (χ0v) is 18.0. The summed E-state index contributed by atoms with van der Waals surface area (Å²) in [4.78, 5) is 22.8. The largest absolute Gasteiger partial charge is 0.379 e. The van der Waals surface area contributed by atoms with E-state index in [0.29, 0.717) is 85.3 Å². The summed E-state index contributed by atoms with van der Waals surface area (Å²) < 4.78 is 26.9. The smallest absolute Gasteiger partial charge is 0.137 e. The van der Waals surface area contributed by atoms with Gasteiger partial charge in [0.25, 0.3) is 0 Å². The van der Waals surface area contributed by atoms with Gasteiger partial charge in [-0.25, -0.2) is 0 Å². The number of carbonyl (C=O) groups excluding carboxylic acids is 2. The molecule has 0 aromatic rings. The molecule has 0 aromatic carbocycles. The molecule has 0 N–H and O–H groups in total. The Labute approximate surface area is 170 Å². The Morgan fingerprint density at radius 1 is 0.607 bits per heavy atom. The second-order valence-electron chi connectivity index (χ2n) is 6.83. The van der Waals surface area contributed by atoms with Crippen LogP contribution in [-0.2, 0) is 33.3 Å². The van der Waals surface area contributed by atoms with Gasteiger partial charge in [-0.3, -0.25) is 9.59 Å². The number of carbonyl (C=O) groups is 2. The third kappa shape index (κ3) is 19.9. The fourth-order valence-corrected chi connectivity index (χ4v) is 2.13. The molecule has 0 saturated carbocycles. The van der Waals surface area contributed by atoms with E-state index < -0.39 is 0 Å². The molecule has 7 nitrogen and oxygen atoms in total. The van der Waals surface area contributed by atoms with Crippen molar-refractivity contribution in [3.63, 3.8) is 0 Å². The van der Waals surface area contributed by atoms with Gasteiger partial charge < -0.3 is 23.7 Å². The van der Waals surface area contributed by atoms with Crippen molar-refractivity contribution in [2.24, 2.45) is 5.92 Å². The highest BCUT2D eigenvalue weighted by Gasteiger charge is 2.06. The van der Waals surface area contributed by atoms with Gasteiger partial charge in [-0.2, -0.15) is 0 Å². The molecular weight excluding hydrogens is 364 g/mol. The quantitative estimate of drug-likeness (QED) is 0.257. The van der Waals surface area contributed by atoms with Crippen LogP contribution < -0.4 is 0 Å². The highest BCUT2D eigenvalue weighted by molar-refractivity contribution is 5.80. The van der Waals surface area contributed by atoms with Crippen LogP contribution in [0.15, 0.2) is 0 Å². The minimum absolute atomic E-state index is 0.0690. The first kappa shape index (κ1) is 27.1. The van der Waals surface area contributed by atoms with Crippen LogP contribution in [-0.4, -0.2) is 77.6 Å². The molecular formula is C21H40O7. The maximum Gasteiger partial charge on any atom is 0.137 e. The van der Waals surface area contributed by atoms with Crippen LogP contribution in [0, 0.1) is 5.92 Å². The van der Waals surface area contributed by atoms with E-state index in [2.05, 4.69) is 6.92 Å². The van der Waals surface area contributed by atoms with Crippen molar-refractivity contribution in [1.29, 1.82) is 0 Å². The van der Waals surface area contributed by atoms with Crippen molar-refractivity contribution in [3.8, 4) is 0 Å². The fourth-order valence-electron chi connectivity index (χ4n) is 2.13. The number of hydrogen-bond donors (Lipinski definition) is 0. The average Bonchev–Trinajstić information content (AvgIpc) is 2.68. The molecule has 0 saturated heterocycles. The Hall–Kier alpha value is -0.860. The second-order valence-corrected chi connectivity index (χ2v) is 6.83. The van der Waals surface area contributed by atoms with Crippen LogP contribution in [0.3, 0.4) is 0 Å². The zero-order valence-electron chi connectivity index (χ0n) is 18.0. The van der Waals surface area contributed by atoms with Crippen LogP contribution in [0.25, 0.3) is 0 Å². The maximum absolute atomic E-state index is 11.4. The SMILES string of the molecule is CCCCC(=O)CCOCCOCCOCCOCCOCCC(=O)C(C)C. The van der Waals surface area contributed by atoms with E-state index in [9.17, 15) is 9.59 Å². The van der Waals surface area contributed by atoms with Gasteiger partial charge in [0, 0.05) is 25.2 Å². The fraction of sp³-hybridized carbons (Fsp3) is 0.905. The Kier molecular flexibility index (Phi) is 20.2. The second kappa shape index (κ2) is 20.9. The number of rotatable bonds is 22. The predicted octanol–water partition coefficient (Wildman–Crippen LogP) is 2.83. The Balaban J connectivity index is 3.12. The van der Waals surface area contributed by atoms with Crippen LogP contribution in [0.2, 0.25) is 0 Å². The maximum atomic E-state index is 11.4. The predicted molar refractivity (Wildman–Crippen MR) is 108 cm³/mol. The number of ketones is 2. The van der Waals surface area contributed by atoms with Gasteiger partial charge in [0.05, 0.1) is 66.1 Å². The molecule has 0 aromatic heterocycles. The van der Waals surface area contributed by atoms with Crippen molar-refractivity contribution in [1.82, 2.24) is 0 Å². The van der Waals surface area contributed by atoms with E-state index >= 15 is 0 Å². The third-order valence-corrected chi connectivity index (χ3v) is 3.96. The number of hydrogen-bond acceptors (Lipinski definition) is 7. The van der Waals surface area contributed by atoms with Crippen molar-refractivity contribution >= 4 is 11.6 Å². The summed E-state index contributed by atoms with van der Waals surface area (Å²) in [6.07, 6.45) is 3.61. The van der Waals surface area contributed by atoms with E-state index in [-0.39, 0.29) is 17.5 Å². The molecule has 0 rings (SSSR count). The lowest BCUT2D eigenvalue weighted by molar-refractivity contribution is -0.123. The third-order valence-electron chi connectivity index (χ3n) is 3.96. The minimum Gasteiger partial charge on any atom is -0.379 e. The summed E-state index contributed by atoms with van der Waals surface area (Å²) >= 11 is 0. The van der Waals surface area contributed by atoms with E-state index in [4.69, 9.17) is 23.7 Å². The van der Waals surface area contributed by atoms with E-state index in [1.165, 1.54) is 0 Å². The van der Waals surface area contributed by atoms with E-state index in [1.807, 2.05) is 13.8 Å². The topological polar surface area (TPSA) is 80.3 Å². The highest BCUT2D eigenvalue weighted by Crippen LogP contribution is 1.99. The standard InChI is InChI=1S/C21H40O7/c1-4-5-6-20(22)7-9-24-11-13-26-15-17-28-18-16-27-14-12-25-10-8-21(23)19(2)3/h19H,4-18H2,1-3H3. The van der Waals surface area contributed by atoms with Gasteiger partial charge in [0.1, 0.15) is 11.6 Å². The molecule has 0 atom stereocenters. The van der Waals surface area contributed by atoms with Crippen LogP contribution >= 0.6 is 0 Å².